The van der Waals surface area contributed by atoms with E-state index < -0.39 is 37.3 Å². The van der Waals surface area contributed by atoms with Crippen molar-refractivity contribution in [2.45, 2.75) is 88.6 Å². The maximum atomic E-state index is 13.6. The van der Waals surface area contributed by atoms with E-state index in [1.54, 1.807) is 0 Å². The molecule has 1 saturated carbocycles. The Balaban J connectivity index is 1.08. The monoisotopic (exact) mass is 602 g/mol. The molecule has 3 aromatic heterocycles. The van der Waals surface area contributed by atoms with E-state index in [2.05, 4.69) is 52.8 Å². The van der Waals surface area contributed by atoms with Crippen LogP contribution in [0, 0.1) is 5.92 Å². The topological polar surface area (TPSA) is 151 Å². The van der Waals surface area contributed by atoms with Crippen molar-refractivity contribution in [1.29, 1.82) is 0 Å². The molecule has 5 N–H and O–H groups in total. The van der Waals surface area contributed by atoms with Crippen molar-refractivity contribution in [2.24, 2.45) is 5.92 Å². The number of fused-ring (bicyclic) bond motifs is 2. The standard InChI is InChI=1S/C29H37F3N8O3/c1-28(2,3)16-5-6-18-19(10-16)38-21(37-18)7-4-15-8-17(9-15)39(12-29(30,31)32)11-20-23(41)24(42)27(43-20)40-14-36-22-25(33)34-13-35-26(22)40/h5-6,10,13-15,17,20,23-24,27,41-42H,4,7-9,11-12H2,1-3H3,(H,37,38)(H2,33,34,35)/t15?,17?,20?,23-,24-,27-/m1/s1. The lowest BCUT2D eigenvalue weighted by atomic mass is 9.76. The van der Waals surface area contributed by atoms with Crippen LogP contribution in [-0.4, -0.2) is 88.2 Å². The van der Waals surface area contributed by atoms with E-state index in [1.807, 2.05) is 6.07 Å². The van der Waals surface area contributed by atoms with Crippen molar-refractivity contribution in [2.75, 3.05) is 18.8 Å². The third kappa shape index (κ3) is 6.06. The Morgan fingerprint density at radius 2 is 1.88 bits per heavy atom. The predicted molar refractivity (Wildman–Crippen MR) is 153 cm³/mol. The van der Waals surface area contributed by atoms with Gasteiger partial charge in [0.25, 0.3) is 0 Å². The normalized spacial score (nSPS) is 26.5. The number of aromatic amines is 1. The first kappa shape index (κ1) is 29.7. The van der Waals surface area contributed by atoms with E-state index in [1.165, 1.54) is 27.7 Å². The number of ether oxygens (including phenoxy) is 1. The first-order valence-corrected chi connectivity index (χ1v) is 14.5. The van der Waals surface area contributed by atoms with Crippen molar-refractivity contribution in [3.05, 3.63) is 42.2 Å². The summed E-state index contributed by atoms with van der Waals surface area (Å²) in [5, 5.41) is 21.5. The second-order valence-corrected chi connectivity index (χ2v) is 12.9. The Labute approximate surface area is 246 Å². The van der Waals surface area contributed by atoms with Crippen LogP contribution in [0.15, 0.2) is 30.9 Å². The highest BCUT2D eigenvalue weighted by atomic mass is 19.4. The zero-order chi connectivity index (χ0) is 30.7. The van der Waals surface area contributed by atoms with Crippen molar-refractivity contribution in [1.82, 2.24) is 34.4 Å². The van der Waals surface area contributed by atoms with Gasteiger partial charge in [-0.15, -0.1) is 0 Å². The Kier molecular flexibility index (Phi) is 7.60. The van der Waals surface area contributed by atoms with Gasteiger partial charge in [-0.3, -0.25) is 9.47 Å². The van der Waals surface area contributed by atoms with Crippen LogP contribution < -0.4 is 5.73 Å². The second kappa shape index (κ2) is 11.0. The second-order valence-electron chi connectivity index (χ2n) is 12.9. The number of imidazole rings is 2. The third-order valence-electron chi connectivity index (χ3n) is 8.71. The van der Waals surface area contributed by atoms with Crippen LogP contribution in [0.5, 0.6) is 0 Å². The number of aryl methyl sites for hydroxylation is 1. The molecular formula is C29H37F3N8O3. The van der Waals surface area contributed by atoms with Gasteiger partial charge < -0.3 is 25.7 Å². The van der Waals surface area contributed by atoms with E-state index in [-0.39, 0.29) is 35.4 Å². The summed E-state index contributed by atoms with van der Waals surface area (Å²) in [6.45, 7) is 5.17. The molecule has 11 nitrogen and oxygen atoms in total. The lowest BCUT2D eigenvalue weighted by molar-refractivity contribution is -0.163. The molecule has 1 aromatic carbocycles. The molecule has 14 heteroatoms. The number of nitrogens with two attached hydrogens (primary N) is 1. The Bertz CT molecular complexity index is 1590. The molecule has 0 radical (unpaired) electrons. The van der Waals surface area contributed by atoms with Gasteiger partial charge in [-0.25, -0.2) is 19.9 Å². The predicted octanol–water partition coefficient (Wildman–Crippen LogP) is 3.48. The molecule has 1 saturated heterocycles. The van der Waals surface area contributed by atoms with Gasteiger partial charge in [-0.2, -0.15) is 13.2 Å². The fourth-order valence-electron chi connectivity index (χ4n) is 6.19. The average molecular weight is 603 g/mol. The SMILES string of the molecule is CC(C)(C)c1ccc2nc(CCC3CC(N(CC4O[C@@H](n5cnc6c(N)ncnc65)[C@H](O)[C@@H]4O)CC(F)(F)F)C3)[nH]c2c1. The average Bonchev–Trinajstić information content (AvgIpc) is 3.58. The molecule has 1 aliphatic carbocycles. The summed E-state index contributed by atoms with van der Waals surface area (Å²) >= 11 is 0. The van der Waals surface area contributed by atoms with Crippen molar-refractivity contribution in [3.63, 3.8) is 0 Å². The molecule has 2 fully saturated rings. The molecule has 0 spiro atoms. The molecular weight excluding hydrogens is 565 g/mol. The molecule has 4 aromatic rings. The lowest BCUT2D eigenvalue weighted by Crippen LogP contribution is -2.52. The quantitative estimate of drug-likeness (QED) is 0.238. The summed E-state index contributed by atoms with van der Waals surface area (Å²) in [6.07, 6.45) is -4.06. The Hall–Kier alpha value is -3.33. The number of alkyl halides is 3. The summed E-state index contributed by atoms with van der Waals surface area (Å²) in [6, 6.07) is 5.92. The van der Waals surface area contributed by atoms with Crippen molar-refractivity contribution in [3.8, 4) is 0 Å². The number of nitrogens with zero attached hydrogens (tertiary/aromatic N) is 6. The number of nitrogen functional groups attached to an aromatic ring is 1. The zero-order valence-electron chi connectivity index (χ0n) is 24.3. The van der Waals surface area contributed by atoms with Gasteiger partial charge in [0, 0.05) is 19.0 Å². The first-order valence-electron chi connectivity index (χ1n) is 14.5. The lowest BCUT2D eigenvalue weighted by Gasteiger charge is -2.44. The summed E-state index contributed by atoms with van der Waals surface area (Å²) in [7, 11) is 0. The van der Waals surface area contributed by atoms with E-state index in [0.717, 1.165) is 23.3 Å². The van der Waals surface area contributed by atoms with Crippen LogP contribution in [0.2, 0.25) is 0 Å². The molecule has 232 valence electrons. The van der Waals surface area contributed by atoms with Gasteiger partial charge in [0.2, 0.25) is 0 Å². The number of anilines is 1. The van der Waals surface area contributed by atoms with Gasteiger partial charge in [0.1, 0.15) is 36.0 Å². The molecule has 2 aliphatic rings. The Morgan fingerprint density at radius 1 is 1.12 bits per heavy atom. The molecule has 4 heterocycles. The van der Waals surface area contributed by atoms with Crippen LogP contribution in [0.3, 0.4) is 0 Å². The summed E-state index contributed by atoms with van der Waals surface area (Å²) in [4.78, 5) is 21.6. The largest absolute Gasteiger partial charge is 0.401 e. The van der Waals surface area contributed by atoms with Gasteiger partial charge in [-0.1, -0.05) is 26.8 Å². The molecule has 0 bridgehead atoms. The minimum Gasteiger partial charge on any atom is -0.387 e. The number of nitrogens with one attached hydrogen (secondary N) is 1. The maximum Gasteiger partial charge on any atom is 0.401 e. The number of aromatic nitrogens is 6. The van der Waals surface area contributed by atoms with Gasteiger partial charge >= 0.3 is 6.18 Å². The number of hydrogen-bond donors (Lipinski definition) is 4. The molecule has 1 aliphatic heterocycles. The molecule has 43 heavy (non-hydrogen) atoms. The van der Waals surface area contributed by atoms with E-state index in [9.17, 15) is 23.4 Å². The smallest absolute Gasteiger partial charge is 0.387 e. The number of aliphatic hydroxyl groups excluding tert-OH is 2. The van der Waals surface area contributed by atoms with Crippen molar-refractivity contribution < 1.29 is 28.1 Å². The molecule has 4 atom stereocenters. The minimum absolute atomic E-state index is 0.0264. The van der Waals surface area contributed by atoms with Gasteiger partial charge in [0.05, 0.1) is 23.9 Å². The minimum atomic E-state index is -4.43. The Morgan fingerprint density at radius 3 is 2.60 bits per heavy atom. The van der Waals surface area contributed by atoms with E-state index >= 15 is 0 Å². The van der Waals surface area contributed by atoms with Crippen LogP contribution in [-0.2, 0) is 16.6 Å². The van der Waals surface area contributed by atoms with Gasteiger partial charge in [-0.05, 0) is 48.3 Å². The highest BCUT2D eigenvalue weighted by Crippen LogP contribution is 2.39. The van der Waals surface area contributed by atoms with Gasteiger partial charge in [0.15, 0.2) is 17.7 Å². The first-order chi connectivity index (χ1) is 20.3. The van der Waals surface area contributed by atoms with Crippen LogP contribution in [0.4, 0.5) is 19.0 Å². The number of hydrogen-bond acceptors (Lipinski definition) is 9. The summed E-state index contributed by atoms with van der Waals surface area (Å²) in [5.74, 6) is 1.27. The number of halogens is 3. The van der Waals surface area contributed by atoms with E-state index in [4.69, 9.17) is 15.5 Å². The molecule has 6 rings (SSSR count). The highest BCUT2D eigenvalue weighted by molar-refractivity contribution is 5.81. The summed E-state index contributed by atoms with van der Waals surface area (Å²) in [5.41, 5.74) is 9.56. The zero-order valence-corrected chi connectivity index (χ0v) is 24.3. The van der Waals surface area contributed by atoms with Crippen LogP contribution in [0.25, 0.3) is 22.2 Å². The number of H-pyrrole nitrogens is 1. The number of benzene rings is 1. The number of rotatable bonds is 8. The van der Waals surface area contributed by atoms with Crippen LogP contribution >= 0.6 is 0 Å². The fourth-order valence-corrected chi connectivity index (χ4v) is 6.19. The fraction of sp³-hybridized carbons (Fsp3) is 0.586. The van der Waals surface area contributed by atoms with E-state index in [0.29, 0.717) is 24.8 Å². The third-order valence-corrected chi connectivity index (χ3v) is 8.71. The maximum absolute atomic E-state index is 13.6. The van der Waals surface area contributed by atoms with Crippen molar-refractivity contribution >= 4 is 28.0 Å². The molecule has 0 amide bonds. The highest BCUT2D eigenvalue weighted by Gasteiger charge is 2.47. The summed E-state index contributed by atoms with van der Waals surface area (Å²) < 4.78 is 48.2. The molecule has 1 unspecified atom stereocenters. The number of aliphatic hydroxyl groups is 2. The van der Waals surface area contributed by atoms with Crippen LogP contribution in [0.1, 0.15) is 57.6 Å².